The number of amides is 1. The maximum Gasteiger partial charge on any atom is 0.280 e. The molecule has 3 rings (SSSR count). The van der Waals surface area contributed by atoms with E-state index in [0.717, 1.165) is 18.6 Å². The molecule has 1 saturated heterocycles. The SMILES string of the molecule is CCC(C)N/C(=N/C(=O)c1ccc(Cl)c(F)c1)NC1CC(c2cc(F)cc(F)c2)NN1. The number of carbonyl (C=O) groups excluding carboxylic acids is 1. The minimum atomic E-state index is -0.709. The van der Waals surface area contributed by atoms with Crippen molar-refractivity contribution >= 4 is 23.5 Å². The number of nitrogens with one attached hydrogen (secondary N) is 4. The second kappa shape index (κ2) is 10.1. The highest BCUT2D eigenvalue weighted by atomic mass is 35.5. The van der Waals surface area contributed by atoms with Gasteiger partial charge < -0.3 is 10.6 Å². The Morgan fingerprint density at radius 1 is 1.19 bits per heavy atom. The highest BCUT2D eigenvalue weighted by Gasteiger charge is 2.27. The lowest BCUT2D eigenvalue weighted by molar-refractivity contribution is 0.100. The number of carbonyl (C=O) groups is 1. The predicted molar refractivity (Wildman–Crippen MR) is 113 cm³/mol. The van der Waals surface area contributed by atoms with Crippen molar-refractivity contribution < 1.29 is 18.0 Å². The van der Waals surface area contributed by atoms with Crippen LogP contribution in [0.25, 0.3) is 0 Å². The fourth-order valence-corrected chi connectivity index (χ4v) is 3.17. The number of benzene rings is 2. The van der Waals surface area contributed by atoms with Crippen LogP contribution in [-0.4, -0.2) is 24.1 Å². The Labute approximate surface area is 183 Å². The van der Waals surface area contributed by atoms with Gasteiger partial charge in [-0.1, -0.05) is 18.5 Å². The van der Waals surface area contributed by atoms with E-state index in [2.05, 4.69) is 26.5 Å². The molecule has 0 bridgehead atoms. The highest BCUT2D eigenvalue weighted by Crippen LogP contribution is 2.23. The molecule has 0 radical (unpaired) electrons. The first-order valence-electron chi connectivity index (χ1n) is 9.83. The molecule has 0 spiro atoms. The standard InChI is InChI=1S/C21H23ClF3N5O/c1-3-11(2)26-21(28-20(31)12-4-5-16(22)17(25)8-12)27-19-10-18(29-30-19)13-6-14(23)9-15(24)7-13/h4-9,11,18-19,29-30H,3,10H2,1-2H3,(H2,26,27,28,31). The van der Waals surface area contributed by atoms with Crippen molar-refractivity contribution in [2.24, 2.45) is 4.99 Å². The first kappa shape index (κ1) is 23.1. The van der Waals surface area contributed by atoms with Gasteiger partial charge in [-0.25, -0.2) is 24.0 Å². The zero-order chi connectivity index (χ0) is 22.5. The lowest BCUT2D eigenvalue weighted by Gasteiger charge is -2.20. The summed E-state index contributed by atoms with van der Waals surface area (Å²) in [5.74, 6) is -2.48. The monoisotopic (exact) mass is 453 g/mol. The van der Waals surface area contributed by atoms with E-state index < -0.39 is 23.4 Å². The van der Waals surface area contributed by atoms with Crippen LogP contribution in [0.2, 0.25) is 5.02 Å². The number of hydrogen-bond acceptors (Lipinski definition) is 3. The Balaban J connectivity index is 1.74. The molecule has 2 aromatic carbocycles. The highest BCUT2D eigenvalue weighted by molar-refractivity contribution is 6.30. The van der Waals surface area contributed by atoms with E-state index >= 15 is 0 Å². The zero-order valence-corrected chi connectivity index (χ0v) is 17.7. The largest absolute Gasteiger partial charge is 0.354 e. The summed E-state index contributed by atoms with van der Waals surface area (Å²) >= 11 is 5.67. The van der Waals surface area contributed by atoms with E-state index in [1.807, 2.05) is 13.8 Å². The second-order valence-corrected chi connectivity index (χ2v) is 7.73. The molecule has 10 heteroatoms. The van der Waals surface area contributed by atoms with Crippen molar-refractivity contribution in [2.75, 3.05) is 0 Å². The van der Waals surface area contributed by atoms with Crippen LogP contribution in [0.5, 0.6) is 0 Å². The Kier molecular flexibility index (Phi) is 7.53. The molecule has 1 fully saturated rings. The molecule has 3 unspecified atom stereocenters. The van der Waals surface area contributed by atoms with E-state index in [1.54, 1.807) is 0 Å². The molecule has 3 atom stereocenters. The number of aliphatic imine (C=N–C) groups is 1. The van der Waals surface area contributed by atoms with Crippen molar-refractivity contribution in [1.82, 2.24) is 21.5 Å². The van der Waals surface area contributed by atoms with Gasteiger partial charge in [-0.15, -0.1) is 0 Å². The molecule has 1 amide bonds. The number of guanidine groups is 1. The molecule has 2 aromatic rings. The summed E-state index contributed by atoms with van der Waals surface area (Å²) in [6.07, 6.45) is 0.807. The van der Waals surface area contributed by atoms with E-state index in [1.165, 1.54) is 24.3 Å². The van der Waals surface area contributed by atoms with Gasteiger partial charge >= 0.3 is 0 Å². The number of halogens is 4. The van der Waals surface area contributed by atoms with Crippen LogP contribution in [0.3, 0.4) is 0 Å². The van der Waals surface area contributed by atoms with Crippen molar-refractivity contribution in [1.29, 1.82) is 0 Å². The molecule has 4 N–H and O–H groups in total. The summed E-state index contributed by atoms with van der Waals surface area (Å²) < 4.78 is 40.7. The number of rotatable bonds is 5. The van der Waals surface area contributed by atoms with Gasteiger partial charge in [0, 0.05) is 30.1 Å². The minimum absolute atomic E-state index is 0.00322. The second-order valence-electron chi connectivity index (χ2n) is 7.32. The molecule has 166 valence electrons. The Morgan fingerprint density at radius 3 is 2.55 bits per heavy atom. The molecular weight excluding hydrogens is 431 g/mol. The lowest BCUT2D eigenvalue weighted by Crippen LogP contribution is -2.51. The molecule has 1 aliphatic rings. The fraction of sp³-hybridized carbons (Fsp3) is 0.333. The Bertz CT molecular complexity index is 967. The summed E-state index contributed by atoms with van der Waals surface area (Å²) in [5, 5.41) is 6.09. The molecule has 1 aliphatic heterocycles. The Hall–Kier alpha value is -2.62. The lowest BCUT2D eigenvalue weighted by atomic mass is 10.0. The van der Waals surface area contributed by atoms with Crippen LogP contribution in [0.1, 0.15) is 48.7 Å². The van der Waals surface area contributed by atoms with Crippen LogP contribution >= 0.6 is 11.6 Å². The van der Waals surface area contributed by atoms with E-state index in [0.29, 0.717) is 12.0 Å². The van der Waals surface area contributed by atoms with Crippen LogP contribution in [0.4, 0.5) is 13.2 Å². The summed E-state index contributed by atoms with van der Waals surface area (Å²) in [7, 11) is 0. The maximum atomic E-state index is 13.7. The average molecular weight is 454 g/mol. The molecular formula is C21H23ClF3N5O. The van der Waals surface area contributed by atoms with Gasteiger partial charge in [0.1, 0.15) is 17.5 Å². The fourth-order valence-electron chi connectivity index (χ4n) is 3.05. The summed E-state index contributed by atoms with van der Waals surface area (Å²) in [5.41, 5.74) is 6.46. The molecule has 31 heavy (non-hydrogen) atoms. The van der Waals surface area contributed by atoms with Crippen molar-refractivity contribution in [3.8, 4) is 0 Å². The minimum Gasteiger partial charge on any atom is -0.354 e. The zero-order valence-electron chi connectivity index (χ0n) is 17.0. The van der Waals surface area contributed by atoms with Crippen molar-refractivity contribution in [2.45, 2.75) is 44.9 Å². The smallest absolute Gasteiger partial charge is 0.280 e. The van der Waals surface area contributed by atoms with Gasteiger partial charge in [0.05, 0.1) is 11.2 Å². The summed E-state index contributed by atoms with van der Waals surface area (Å²) in [6, 6.07) is 6.69. The predicted octanol–water partition coefficient (Wildman–Crippen LogP) is 3.80. The first-order valence-corrected chi connectivity index (χ1v) is 10.2. The van der Waals surface area contributed by atoms with Crippen molar-refractivity contribution in [3.05, 3.63) is 70.0 Å². The summed E-state index contributed by atoms with van der Waals surface area (Å²) in [4.78, 5) is 16.6. The van der Waals surface area contributed by atoms with E-state index in [9.17, 15) is 18.0 Å². The number of nitrogens with zero attached hydrogens (tertiary/aromatic N) is 1. The maximum absolute atomic E-state index is 13.7. The third kappa shape index (κ3) is 6.19. The molecule has 0 aromatic heterocycles. The molecule has 0 aliphatic carbocycles. The number of hydrogen-bond donors (Lipinski definition) is 4. The third-order valence-corrected chi connectivity index (χ3v) is 5.18. The van der Waals surface area contributed by atoms with Crippen molar-refractivity contribution in [3.63, 3.8) is 0 Å². The van der Waals surface area contributed by atoms with E-state index in [-0.39, 0.29) is 34.8 Å². The van der Waals surface area contributed by atoms with Gasteiger partial charge in [-0.2, -0.15) is 4.99 Å². The van der Waals surface area contributed by atoms with Gasteiger partial charge in [-0.3, -0.25) is 4.79 Å². The van der Waals surface area contributed by atoms with Gasteiger partial charge in [0.2, 0.25) is 5.96 Å². The Morgan fingerprint density at radius 2 is 1.90 bits per heavy atom. The molecule has 6 nitrogen and oxygen atoms in total. The van der Waals surface area contributed by atoms with Crippen LogP contribution < -0.4 is 21.5 Å². The van der Waals surface area contributed by atoms with Crippen LogP contribution in [0, 0.1) is 17.5 Å². The molecule has 1 heterocycles. The number of hydrazine groups is 1. The quantitative estimate of drug-likeness (QED) is 0.409. The summed E-state index contributed by atoms with van der Waals surface area (Å²) in [6.45, 7) is 3.89. The first-order chi connectivity index (χ1) is 14.7. The molecule has 0 saturated carbocycles. The average Bonchev–Trinajstić information content (AvgIpc) is 3.17. The van der Waals surface area contributed by atoms with E-state index in [4.69, 9.17) is 11.6 Å². The van der Waals surface area contributed by atoms with Gasteiger partial charge in [-0.05, 0) is 49.2 Å². The van der Waals surface area contributed by atoms with Gasteiger partial charge in [0.15, 0.2) is 0 Å². The van der Waals surface area contributed by atoms with Crippen LogP contribution in [0.15, 0.2) is 41.4 Å². The topological polar surface area (TPSA) is 77.5 Å². The normalized spacial score (nSPS) is 19.9. The van der Waals surface area contributed by atoms with Gasteiger partial charge in [0.25, 0.3) is 5.91 Å². The van der Waals surface area contributed by atoms with Crippen LogP contribution in [-0.2, 0) is 0 Å². The third-order valence-electron chi connectivity index (χ3n) is 4.88.